The van der Waals surface area contributed by atoms with E-state index in [4.69, 9.17) is 0 Å². The molecule has 0 unspecified atom stereocenters. The molecule has 1 aliphatic heterocycles. The summed E-state index contributed by atoms with van der Waals surface area (Å²) in [5, 5.41) is 3.17. The molecule has 1 aromatic carbocycles. The maximum atomic E-state index is 4.66. The number of benzene rings is 1. The van der Waals surface area contributed by atoms with Gasteiger partial charge in [0, 0.05) is 29.7 Å². The molecule has 0 bridgehead atoms. The van der Waals surface area contributed by atoms with E-state index in [2.05, 4.69) is 15.3 Å². The molecule has 4 heteroatoms. The average Bonchev–Trinajstić information content (AvgIpc) is 2.86. The van der Waals surface area contributed by atoms with Gasteiger partial charge in [-0.2, -0.15) is 11.8 Å². The first-order valence-electron chi connectivity index (χ1n) is 5.59. The molecule has 3 nitrogen and oxygen atoms in total. The number of rotatable bonds is 2. The molecule has 17 heavy (non-hydrogen) atoms. The molecular weight excluding hydrogens is 230 g/mol. The average molecular weight is 243 g/mol. The molecule has 1 aromatic heterocycles. The lowest BCUT2D eigenvalue weighted by molar-refractivity contribution is 1.07. The maximum Gasteiger partial charge on any atom is 0.161 e. The van der Waals surface area contributed by atoms with Crippen LogP contribution in [0.5, 0.6) is 0 Å². The quantitative estimate of drug-likeness (QED) is 0.880. The minimum atomic E-state index is 0.816. The van der Waals surface area contributed by atoms with Crippen LogP contribution in [0.4, 0.5) is 5.82 Å². The summed E-state index contributed by atoms with van der Waals surface area (Å²) in [5.41, 5.74) is 3.51. The number of hydrogen-bond donors (Lipinski definition) is 1. The standard InChI is InChI=1S/C13H13N3S/c1-14-13-10-7-17-8-11(10)15-12(16-13)9-5-3-2-4-6-9/h2-6H,7-8H2,1H3,(H,14,15,16). The second kappa shape index (κ2) is 4.37. The lowest BCUT2D eigenvalue weighted by atomic mass is 10.2. The van der Waals surface area contributed by atoms with Crippen molar-refractivity contribution in [1.82, 2.24) is 9.97 Å². The van der Waals surface area contributed by atoms with Crippen molar-refractivity contribution in [1.29, 1.82) is 0 Å². The second-order valence-electron chi connectivity index (χ2n) is 3.93. The van der Waals surface area contributed by atoms with Crippen molar-refractivity contribution in [3.63, 3.8) is 0 Å². The lowest BCUT2D eigenvalue weighted by Gasteiger charge is -2.08. The van der Waals surface area contributed by atoms with Crippen molar-refractivity contribution in [3.05, 3.63) is 41.6 Å². The van der Waals surface area contributed by atoms with E-state index >= 15 is 0 Å². The molecule has 0 spiro atoms. The number of thioether (sulfide) groups is 1. The number of hydrogen-bond acceptors (Lipinski definition) is 4. The number of anilines is 1. The molecule has 0 radical (unpaired) electrons. The summed E-state index contributed by atoms with van der Waals surface area (Å²) in [7, 11) is 1.92. The SMILES string of the molecule is CNc1nc(-c2ccccc2)nc2c1CSC2. The Morgan fingerprint density at radius 1 is 1.12 bits per heavy atom. The van der Waals surface area contributed by atoms with Gasteiger partial charge in [0.2, 0.25) is 0 Å². The van der Waals surface area contributed by atoms with Crippen LogP contribution in [0.3, 0.4) is 0 Å². The van der Waals surface area contributed by atoms with Crippen molar-refractivity contribution in [2.75, 3.05) is 12.4 Å². The molecule has 0 saturated heterocycles. The number of nitrogens with one attached hydrogen (secondary N) is 1. The molecule has 86 valence electrons. The first kappa shape index (κ1) is 10.6. The van der Waals surface area contributed by atoms with Crippen LogP contribution in [0.2, 0.25) is 0 Å². The molecule has 2 heterocycles. The van der Waals surface area contributed by atoms with Crippen LogP contribution in [-0.2, 0) is 11.5 Å². The number of fused-ring (bicyclic) bond motifs is 1. The molecule has 1 N–H and O–H groups in total. The zero-order valence-corrected chi connectivity index (χ0v) is 10.4. The Bertz CT molecular complexity index is 540. The van der Waals surface area contributed by atoms with Gasteiger partial charge >= 0.3 is 0 Å². The first-order chi connectivity index (χ1) is 8.38. The summed E-state index contributed by atoms with van der Waals surface area (Å²) in [6, 6.07) is 10.1. The third-order valence-electron chi connectivity index (χ3n) is 2.85. The number of nitrogens with zero attached hydrogens (tertiary/aromatic N) is 2. The monoisotopic (exact) mass is 243 g/mol. The van der Waals surface area contributed by atoms with Crippen molar-refractivity contribution in [2.24, 2.45) is 0 Å². The molecule has 0 fully saturated rings. The van der Waals surface area contributed by atoms with E-state index < -0.39 is 0 Å². The van der Waals surface area contributed by atoms with Gasteiger partial charge in [-0.1, -0.05) is 30.3 Å². The molecule has 0 amide bonds. The van der Waals surface area contributed by atoms with Gasteiger partial charge in [0.05, 0.1) is 5.69 Å². The molecule has 3 rings (SSSR count). The topological polar surface area (TPSA) is 37.8 Å². The van der Waals surface area contributed by atoms with E-state index in [0.717, 1.165) is 28.7 Å². The van der Waals surface area contributed by atoms with E-state index in [9.17, 15) is 0 Å². The van der Waals surface area contributed by atoms with Crippen molar-refractivity contribution in [3.8, 4) is 11.4 Å². The summed E-state index contributed by atoms with van der Waals surface area (Å²) in [4.78, 5) is 9.26. The largest absolute Gasteiger partial charge is 0.373 e. The van der Waals surface area contributed by atoms with Gasteiger partial charge in [-0.05, 0) is 0 Å². The van der Waals surface area contributed by atoms with Crippen LogP contribution < -0.4 is 5.32 Å². The summed E-state index contributed by atoms with van der Waals surface area (Å²) >= 11 is 1.89. The van der Waals surface area contributed by atoms with E-state index in [-0.39, 0.29) is 0 Å². The molecule has 0 atom stereocenters. The van der Waals surface area contributed by atoms with Gasteiger partial charge in [0.1, 0.15) is 5.82 Å². The highest BCUT2D eigenvalue weighted by Gasteiger charge is 2.19. The smallest absolute Gasteiger partial charge is 0.161 e. The fraction of sp³-hybridized carbons (Fsp3) is 0.231. The van der Waals surface area contributed by atoms with E-state index in [1.807, 2.05) is 49.1 Å². The third kappa shape index (κ3) is 1.89. The maximum absolute atomic E-state index is 4.66. The summed E-state index contributed by atoms with van der Waals surface area (Å²) < 4.78 is 0. The van der Waals surface area contributed by atoms with Crippen LogP contribution in [0.1, 0.15) is 11.3 Å². The van der Waals surface area contributed by atoms with E-state index in [1.54, 1.807) is 0 Å². The highest BCUT2D eigenvalue weighted by Crippen LogP contribution is 2.34. The Morgan fingerprint density at radius 3 is 2.71 bits per heavy atom. The van der Waals surface area contributed by atoms with Crippen LogP contribution >= 0.6 is 11.8 Å². The Labute approximate surface area is 105 Å². The van der Waals surface area contributed by atoms with Crippen LogP contribution in [0.15, 0.2) is 30.3 Å². The summed E-state index contributed by atoms with van der Waals surface area (Å²) in [5.74, 6) is 3.79. The van der Waals surface area contributed by atoms with Crippen molar-refractivity contribution in [2.45, 2.75) is 11.5 Å². The van der Waals surface area contributed by atoms with E-state index in [1.165, 1.54) is 11.3 Å². The van der Waals surface area contributed by atoms with Gasteiger partial charge in [-0.3, -0.25) is 0 Å². The van der Waals surface area contributed by atoms with Gasteiger partial charge in [-0.25, -0.2) is 9.97 Å². The Morgan fingerprint density at radius 2 is 1.94 bits per heavy atom. The Balaban J connectivity index is 2.13. The fourth-order valence-corrected chi connectivity index (χ4v) is 3.02. The van der Waals surface area contributed by atoms with Gasteiger partial charge in [0.25, 0.3) is 0 Å². The van der Waals surface area contributed by atoms with Crippen molar-refractivity contribution < 1.29 is 0 Å². The fourth-order valence-electron chi connectivity index (χ4n) is 1.97. The van der Waals surface area contributed by atoms with Crippen molar-refractivity contribution >= 4 is 17.6 Å². The van der Waals surface area contributed by atoms with Crippen LogP contribution in [0, 0.1) is 0 Å². The zero-order valence-electron chi connectivity index (χ0n) is 9.60. The normalized spacial score (nSPS) is 13.5. The predicted molar refractivity (Wildman–Crippen MR) is 72.0 cm³/mol. The highest BCUT2D eigenvalue weighted by molar-refractivity contribution is 7.98. The molecule has 2 aromatic rings. The molecule has 0 aliphatic carbocycles. The predicted octanol–water partition coefficient (Wildman–Crippen LogP) is 2.93. The Kier molecular flexibility index (Phi) is 2.73. The first-order valence-corrected chi connectivity index (χ1v) is 6.74. The van der Waals surface area contributed by atoms with E-state index in [0.29, 0.717) is 0 Å². The molecular formula is C13H13N3S. The van der Waals surface area contributed by atoms with Gasteiger partial charge in [0.15, 0.2) is 5.82 Å². The Hall–Kier alpha value is -1.55. The summed E-state index contributed by atoms with van der Waals surface area (Å²) in [6.45, 7) is 0. The highest BCUT2D eigenvalue weighted by atomic mass is 32.2. The molecule has 1 aliphatic rings. The molecule has 0 saturated carbocycles. The lowest BCUT2D eigenvalue weighted by Crippen LogP contribution is -2.03. The number of aromatic nitrogens is 2. The van der Waals surface area contributed by atoms with Crippen LogP contribution in [0.25, 0.3) is 11.4 Å². The zero-order chi connectivity index (χ0) is 11.7. The summed E-state index contributed by atoms with van der Waals surface area (Å²) in [6.07, 6.45) is 0. The second-order valence-corrected chi connectivity index (χ2v) is 4.92. The minimum Gasteiger partial charge on any atom is -0.373 e. The van der Waals surface area contributed by atoms with Crippen LogP contribution in [-0.4, -0.2) is 17.0 Å². The van der Waals surface area contributed by atoms with Gasteiger partial charge in [-0.15, -0.1) is 0 Å². The van der Waals surface area contributed by atoms with Gasteiger partial charge < -0.3 is 5.32 Å². The minimum absolute atomic E-state index is 0.816. The third-order valence-corrected chi connectivity index (χ3v) is 3.82.